The van der Waals surface area contributed by atoms with Gasteiger partial charge in [0.15, 0.2) is 0 Å². The third-order valence-electron chi connectivity index (χ3n) is 4.23. The van der Waals surface area contributed by atoms with Crippen LogP contribution in [0.5, 0.6) is 0 Å². The summed E-state index contributed by atoms with van der Waals surface area (Å²) in [5.41, 5.74) is 0.986. The van der Waals surface area contributed by atoms with Crippen molar-refractivity contribution >= 4 is 11.7 Å². The first-order chi connectivity index (χ1) is 10.2. The first-order valence-electron chi connectivity index (χ1n) is 7.34. The van der Waals surface area contributed by atoms with Gasteiger partial charge in [0.25, 0.3) is 0 Å². The Kier molecular flexibility index (Phi) is 3.88. The molecule has 21 heavy (non-hydrogen) atoms. The fraction of sp³-hybridized carbons (Fsp3) is 0.533. The van der Waals surface area contributed by atoms with Gasteiger partial charge in [0.05, 0.1) is 6.54 Å². The lowest BCUT2D eigenvalue weighted by molar-refractivity contribution is -0.126. The second-order valence-corrected chi connectivity index (χ2v) is 5.73. The number of piperidine rings is 1. The second kappa shape index (κ2) is 5.81. The molecule has 3 fully saturated rings. The zero-order chi connectivity index (χ0) is 14.8. The van der Waals surface area contributed by atoms with Crippen LogP contribution in [0.15, 0.2) is 25.0 Å². The molecule has 3 saturated heterocycles. The predicted molar refractivity (Wildman–Crippen MR) is 81.1 cm³/mol. The molecule has 4 heterocycles. The smallest absolute Gasteiger partial charge is 0.234 e. The van der Waals surface area contributed by atoms with Crippen LogP contribution < -0.4 is 10.2 Å². The fourth-order valence-corrected chi connectivity index (χ4v) is 3.15. The molecule has 0 aliphatic carbocycles. The topological polar surface area (TPSA) is 61.4 Å². The molecule has 0 radical (unpaired) electrons. The van der Waals surface area contributed by atoms with Crippen LogP contribution in [-0.4, -0.2) is 59.0 Å². The molecular weight excluding hydrogens is 266 g/mol. The lowest BCUT2D eigenvalue weighted by Gasteiger charge is -2.56. The number of nitrogens with zero attached hydrogens (tertiary/aromatic N) is 4. The molecule has 112 valence electrons. The van der Waals surface area contributed by atoms with Crippen LogP contribution in [0.2, 0.25) is 0 Å². The second-order valence-electron chi connectivity index (χ2n) is 5.73. The Balaban J connectivity index is 1.57. The summed E-state index contributed by atoms with van der Waals surface area (Å²) in [4.78, 5) is 24.9. The van der Waals surface area contributed by atoms with Crippen LogP contribution in [0.25, 0.3) is 0 Å². The highest BCUT2D eigenvalue weighted by Crippen LogP contribution is 2.33. The fourth-order valence-electron chi connectivity index (χ4n) is 3.15. The van der Waals surface area contributed by atoms with Gasteiger partial charge >= 0.3 is 0 Å². The highest BCUT2D eigenvalue weighted by atomic mass is 16.2. The van der Waals surface area contributed by atoms with E-state index in [1.54, 1.807) is 12.4 Å². The molecule has 1 N–H and O–H groups in total. The molecule has 0 saturated carbocycles. The van der Waals surface area contributed by atoms with E-state index < -0.39 is 0 Å². The number of carbonyl (C=O) groups is 1. The van der Waals surface area contributed by atoms with Gasteiger partial charge in [-0.25, -0.2) is 9.97 Å². The van der Waals surface area contributed by atoms with Crippen LogP contribution >= 0.6 is 0 Å². The molecule has 6 heteroatoms. The minimum absolute atomic E-state index is 0.0796. The van der Waals surface area contributed by atoms with Crippen molar-refractivity contribution in [3.05, 3.63) is 30.7 Å². The van der Waals surface area contributed by atoms with Crippen molar-refractivity contribution in [3.8, 4) is 0 Å². The third kappa shape index (κ3) is 2.90. The van der Waals surface area contributed by atoms with Crippen molar-refractivity contribution in [1.82, 2.24) is 20.2 Å². The Labute approximate surface area is 124 Å². The number of hydrogen-bond acceptors (Lipinski definition) is 5. The van der Waals surface area contributed by atoms with Crippen molar-refractivity contribution in [2.24, 2.45) is 0 Å². The number of fused-ring (bicyclic) bond motifs is 2. The van der Waals surface area contributed by atoms with Gasteiger partial charge in [-0.15, -0.1) is 6.58 Å². The quantitative estimate of drug-likeness (QED) is 0.792. The summed E-state index contributed by atoms with van der Waals surface area (Å²) in [6.45, 7) is 8.47. The molecule has 2 atom stereocenters. The van der Waals surface area contributed by atoms with Crippen molar-refractivity contribution in [2.45, 2.75) is 25.4 Å². The van der Waals surface area contributed by atoms with Crippen molar-refractivity contribution in [3.63, 3.8) is 0 Å². The van der Waals surface area contributed by atoms with Gasteiger partial charge < -0.3 is 10.2 Å². The van der Waals surface area contributed by atoms with E-state index in [-0.39, 0.29) is 5.91 Å². The van der Waals surface area contributed by atoms with Gasteiger partial charge in [0.1, 0.15) is 12.1 Å². The molecule has 1 aromatic heterocycles. The Morgan fingerprint density at radius 3 is 2.90 bits per heavy atom. The molecule has 3 aliphatic heterocycles. The number of amides is 1. The number of aryl methyl sites for hydroxylation is 1. The van der Waals surface area contributed by atoms with Crippen LogP contribution in [0.3, 0.4) is 0 Å². The first-order valence-corrected chi connectivity index (χ1v) is 7.34. The highest BCUT2D eigenvalue weighted by Gasteiger charge is 2.45. The summed E-state index contributed by atoms with van der Waals surface area (Å²) in [7, 11) is 0. The Morgan fingerprint density at radius 1 is 1.48 bits per heavy atom. The number of hydrogen-bond donors (Lipinski definition) is 1. The van der Waals surface area contributed by atoms with Crippen molar-refractivity contribution in [1.29, 1.82) is 0 Å². The van der Waals surface area contributed by atoms with E-state index >= 15 is 0 Å². The minimum atomic E-state index is 0.0796. The van der Waals surface area contributed by atoms with Crippen molar-refractivity contribution in [2.75, 3.05) is 31.1 Å². The van der Waals surface area contributed by atoms with E-state index in [2.05, 4.69) is 31.7 Å². The predicted octanol–water partition coefficient (Wildman–Crippen LogP) is 0.350. The maximum atomic E-state index is 11.8. The van der Waals surface area contributed by atoms with Crippen LogP contribution in [0, 0.1) is 6.92 Å². The summed E-state index contributed by atoms with van der Waals surface area (Å²) in [5, 5.41) is 2.84. The number of piperazine rings is 1. The maximum absolute atomic E-state index is 11.8. The Morgan fingerprint density at radius 2 is 2.24 bits per heavy atom. The number of rotatable bonds is 5. The molecule has 4 rings (SSSR count). The van der Waals surface area contributed by atoms with Crippen LogP contribution in [-0.2, 0) is 4.79 Å². The average Bonchev–Trinajstić information content (AvgIpc) is 2.50. The van der Waals surface area contributed by atoms with Gasteiger partial charge in [-0.05, 0) is 13.3 Å². The minimum Gasteiger partial charge on any atom is -0.353 e. The average molecular weight is 287 g/mol. The number of anilines is 1. The summed E-state index contributed by atoms with van der Waals surface area (Å²) in [5.74, 6) is 1.07. The molecule has 0 spiro atoms. The summed E-state index contributed by atoms with van der Waals surface area (Å²) >= 11 is 0. The largest absolute Gasteiger partial charge is 0.353 e. The lowest BCUT2D eigenvalue weighted by atomic mass is 9.87. The van der Waals surface area contributed by atoms with Gasteiger partial charge in [-0.1, -0.05) is 6.08 Å². The Bertz CT molecular complexity index is 535. The molecule has 0 aromatic carbocycles. The van der Waals surface area contributed by atoms with Gasteiger partial charge in [0.2, 0.25) is 5.91 Å². The van der Waals surface area contributed by atoms with Gasteiger partial charge in [-0.3, -0.25) is 9.69 Å². The van der Waals surface area contributed by atoms with E-state index in [1.165, 1.54) is 6.42 Å². The third-order valence-corrected chi connectivity index (χ3v) is 4.23. The van der Waals surface area contributed by atoms with E-state index in [4.69, 9.17) is 0 Å². The molecule has 2 unspecified atom stereocenters. The van der Waals surface area contributed by atoms with Gasteiger partial charge in [0, 0.05) is 43.5 Å². The number of nitrogens with one attached hydrogen (secondary N) is 1. The number of carbonyl (C=O) groups excluding carboxylic acids is 1. The molecule has 2 bridgehead atoms. The first kappa shape index (κ1) is 14.0. The molecule has 1 aromatic rings. The molecule has 6 nitrogen and oxygen atoms in total. The monoisotopic (exact) mass is 287 g/mol. The van der Waals surface area contributed by atoms with E-state index in [0.29, 0.717) is 25.2 Å². The summed E-state index contributed by atoms with van der Waals surface area (Å²) < 4.78 is 0. The Hall–Kier alpha value is -1.95. The lowest BCUT2D eigenvalue weighted by Crippen LogP contribution is -2.70. The zero-order valence-electron chi connectivity index (χ0n) is 12.3. The van der Waals surface area contributed by atoms with E-state index in [0.717, 1.165) is 24.6 Å². The highest BCUT2D eigenvalue weighted by molar-refractivity contribution is 5.78. The number of aromatic nitrogens is 2. The zero-order valence-corrected chi connectivity index (χ0v) is 12.3. The van der Waals surface area contributed by atoms with Crippen LogP contribution in [0.1, 0.15) is 12.1 Å². The molecule has 3 aliphatic rings. The van der Waals surface area contributed by atoms with Crippen LogP contribution in [0.4, 0.5) is 5.82 Å². The summed E-state index contributed by atoms with van der Waals surface area (Å²) in [6.07, 6.45) is 4.49. The van der Waals surface area contributed by atoms with E-state index in [1.807, 2.05) is 13.0 Å². The molecule has 1 amide bonds. The van der Waals surface area contributed by atoms with Gasteiger partial charge in [-0.2, -0.15) is 0 Å². The maximum Gasteiger partial charge on any atom is 0.234 e. The standard InChI is InChI=1S/C15H21N5O/c1-3-4-16-15(21)9-20-12-6-13(20)8-19(7-12)14-5-11(2)17-10-18-14/h3,5,10,12-13H,1,4,6-9H2,2H3,(H,16,21). The SMILES string of the molecule is C=CCNC(=O)CN1C2CC1CN(c1cc(C)ncn1)C2. The van der Waals surface area contributed by atoms with Crippen molar-refractivity contribution < 1.29 is 4.79 Å². The van der Waals surface area contributed by atoms with E-state index in [9.17, 15) is 4.79 Å². The summed E-state index contributed by atoms with van der Waals surface area (Å²) in [6, 6.07) is 2.92. The normalized spacial score (nSPS) is 24.3. The molecular formula is C15H21N5O.